The van der Waals surface area contributed by atoms with E-state index in [9.17, 15) is 14.4 Å². The van der Waals surface area contributed by atoms with Crippen molar-refractivity contribution in [2.24, 2.45) is 0 Å². The van der Waals surface area contributed by atoms with Gasteiger partial charge in [-0.1, -0.05) is 0 Å². The minimum Gasteiger partial charge on any atom is -0.467 e. The molecule has 2 amide bonds. The third kappa shape index (κ3) is 5.07. The molecule has 0 aromatic rings. The molecule has 2 rings (SSSR count). The quantitative estimate of drug-likeness (QED) is 0.711. The lowest BCUT2D eigenvalue weighted by molar-refractivity contribution is -0.153. The van der Waals surface area contributed by atoms with Gasteiger partial charge in [-0.25, -0.2) is 9.59 Å². The van der Waals surface area contributed by atoms with Crippen molar-refractivity contribution in [2.75, 3.05) is 20.2 Å². The number of amides is 2. The van der Waals surface area contributed by atoms with E-state index in [1.165, 1.54) is 7.11 Å². The standard InChI is InChI=1S/C17H29N3O5/c1-17(2,3)25-16(23)19-12-10-18-9-5-6-11-7-8-13(15(22)24-4)20(11)14(12)21/h11-13,18H,5-10H2,1-4H3,(H,19,23). The number of nitrogens with zero attached hydrogens (tertiary/aromatic N) is 1. The molecule has 0 aromatic carbocycles. The first-order chi connectivity index (χ1) is 11.7. The largest absolute Gasteiger partial charge is 0.467 e. The molecule has 8 heteroatoms. The second-order valence-electron chi connectivity index (χ2n) is 7.56. The van der Waals surface area contributed by atoms with Gasteiger partial charge in [0.1, 0.15) is 17.7 Å². The predicted octanol–water partition coefficient (Wildman–Crippen LogP) is 0.796. The lowest BCUT2D eigenvalue weighted by Gasteiger charge is -2.32. The molecule has 8 nitrogen and oxygen atoms in total. The van der Waals surface area contributed by atoms with E-state index in [1.807, 2.05) is 0 Å². The van der Waals surface area contributed by atoms with E-state index in [1.54, 1.807) is 25.7 Å². The maximum Gasteiger partial charge on any atom is 0.408 e. The highest BCUT2D eigenvalue weighted by Crippen LogP contribution is 2.29. The van der Waals surface area contributed by atoms with E-state index in [0.717, 1.165) is 25.8 Å². The Morgan fingerprint density at radius 3 is 2.60 bits per heavy atom. The number of alkyl carbamates (subject to hydrolysis) is 1. The van der Waals surface area contributed by atoms with Crippen LogP contribution in [0.1, 0.15) is 46.5 Å². The summed E-state index contributed by atoms with van der Waals surface area (Å²) in [4.78, 5) is 38.9. The first-order valence-corrected chi connectivity index (χ1v) is 8.83. The van der Waals surface area contributed by atoms with Crippen LogP contribution in [-0.4, -0.2) is 66.8 Å². The van der Waals surface area contributed by atoms with Crippen LogP contribution >= 0.6 is 0 Å². The number of hydrogen-bond donors (Lipinski definition) is 2. The fourth-order valence-electron chi connectivity index (χ4n) is 3.41. The molecular weight excluding hydrogens is 326 g/mol. The Labute approximate surface area is 148 Å². The van der Waals surface area contributed by atoms with Gasteiger partial charge in [0.25, 0.3) is 0 Å². The van der Waals surface area contributed by atoms with E-state index in [4.69, 9.17) is 9.47 Å². The molecule has 2 heterocycles. The highest BCUT2D eigenvalue weighted by atomic mass is 16.6. The average molecular weight is 355 g/mol. The summed E-state index contributed by atoms with van der Waals surface area (Å²) in [6, 6.07) is -1.36. The smallest absolute Gasteiger partial charge is 0.408 e. The third-order valence-corrected chi connectivity index (χ3v) is 4.46. The van der Waals surface area contributed by atoms with Gasteiger partial charge in [0.15, 0.2) is 0 Å². The van der Waals surface area contributed by atoms with Crippen LogP contribution in [0.3, 0.4) is 0 Å². The molecule has 0 saturated carbocycles. The van der Waals surface area contributed by atoms with Gasteiger partial charge in [-0.2, -0.15) is 0 Å². The Kier molecular flexibility index (Phi) is 6.26. The zero-order valence-corrected chi connectivity index (χ0v) is 15.5. The SMILES string of the molecule is COC(=O)C1CCC2CCCNCC(NC(=O)OC(C)(C)C)C(=O)N21. The van der Waals surface area contributed by atoms with Gasteiger partial charge in [-0.3, -0.25) is 4.79 Å². The number of methoxy groups -OCH3 is 1. The Balaban J connectivity index is 2.16. The normalized spacial score (nSPS) is 27.6. The Hall–Kier alpha value is -1.83. The van der Waals surface area contributed by atoms with Crippen LogP contribution in [0.15, 0.2) is 0 Å². The van der Waals surface area contributed by atoms with E-state index >= 15 is 0 Å². The number of nitrogens with one attached hydrogen (secondary N) is 2. The monoisotopic (exact) mass is 355 g/mol. The first kappa shape index (κ1) is 19.5. The van der Waals surface area contributed by atoms with Crippen LogP contribution < -0.4 is 10.6 Å². The van der Waals surface area contributed by atoms with E-state index in [0.29, 0.717) is 13.0 Å². The Morgan fingerprint density at radius 1 is 1.24 bits per heavy atom. The van der Waals surface area contributed by atoms with Crippen LogP contribution in [0.5, 0.6) is 0 Å². The number of fused-ring (bicyclic) bond motifs is 1. The van der Waals surface area contributed by atoms with Gasteiger partial charge in [0.05, 0.1) is 7.11 Å². The van der Waals surface area contributed by atoms with Crippen molar-refractivity contribution in [1.29, 1.82) is 0 Å². The summed E-state index contributed by atoms with van der Waals surface area (Å²) in [5.41, 5.74) is -0.649. The van der Waals surface area contributed by atoms with Crippen molar-refractivity contribution < 1.29 is 23.9 Å². The minimum atomic E-state index is -0.777. The fraction of sp³-hybridized carbons (Fsp3) is 0.824. The lowest BCUT2D eigenvalue weighted by atomic mass is 10.1. The number of rotatable bonds is 2. The first-order valence-electron chi connectivity index (χ1n) is 8.83. The van der Waals surface area contributed by atoms with Gasteiger partial charge in [-0.15, -0.1) is 0 Å². The zero-order chi connectivity index (χ0) is 18.6. The average Bonchev–Trinajstić information content (AvgIpc) is 2.95. The molecule has 0 aliphatic carbocycles. The molecule has 0 spiro atoms. The highest BCUT2D eigenvalue weighted by molar-refractivity contribution is 5.90. The molecule has 2 aliphatic heterocycles. The second-order valence-corrected chi connectivity index (χ2v) is 7.56. The summed E-state index contributed by atoms with van der Waals surface area (Å²) < 4.78 is 10.1. The van der Waals surface area contributed by atoms with Crippen LogP contribution in [0.4, 0.5) is 4.79 Å². The predicted molar refractivity (Wildman–Crippen MR) is 90.9 cm³/mol. The summed E-state index contributed by atoms with van der Waals surface area (Å²) in [5, 5.41) is 5.83. The van der Waals surface area contributed by atoms with Gasteiger partial charge >= 0.3 is 12.1 Å². The van der Waals surface area contributed by atoms with Crippen LogP contribution in [0, 0.1) is 0 Å². The topological polar surface area (TPSA) is 97.0 Å². The van der Waals surface area contributed by atoms with E-state index in [2.05, 4.69) is 10.6 Å². The molecule has 142 valence electrons. The lowest BCUT2D eigenvalue weighted by Crippen LogP contribution is -2.57. The van der Waals surface area contributed by atoms with Crippen molar-refractivity contribution in [1.82, 2.24) is 15.5 Å². The Morgan fingerprint density at radius 2 is 1.96 bits per heavy atom. The molecule has 25 heavy (non-hydrogen) atoms. The number of esters is 1. The molecule has 3 atom stereocenters. The number of hydrogen-bond acceptors (Lipinski definition) is 6. The Bertz CT molecular complexity index is 517. The number of ether oxygens (including phenoxy) is 2. The molecule has 2 N–H and O–H groups in total. The number of carbonyl (C=O) groups excluding carboxylic acids is 3. The van der Waals surface area contributed by atoms with Crippen molar-refractivity contribution in [2.45, 2.75) is 70.2 Å². The highest BCUT2D eigenvalue weighted by Gasteiger charge is 2.44. The molecule has 0 bridgehead atoms. The van der Waals surface area contributed by atoms with Crippen LogP contribution in [-0.2, 0) is 19.1 Å². The van der Waals surface area contributed by atoms with Crippen molar-refractivity contribution in [3.63, 3.8) is 0 Å². The third-order valence-electron chi connectivity index (χ3n) is 4.46. The van der Waals surface area contributed by atoms with Crippen LogP contribution in [0.25, 0.3) is 0 Å². The van der Waals surface area contributed by atoms with E-state index in [-0.39, 0.29) is 11.9 Å². The minimum absolute atomic E-state index is 0.000522. The summed E-state index contributed by atoms with van der Waals surface area (Å²) in [6.07, 6.45) is 2.45. The van der Waals surface area contributed by atoms with Gasteiger partial charge in [0.2, 0.25) is 5.91 Å². The molecule has 2 saturated heterocycles. The van der Waals surface area contributed by atoms with E-state index < -0.39 is 29.7 Å². The van der Waals surface area contributed by atoms with Crippen molar-refractivity contribution in [3.8, 4) is 0 Å². The molecule has 2 fully saturated rings. The van der Waals surface area contributed by atoms with Crippen molar-refractivity contribution in [3.05, 3.63) is 0 Å². The molecule has 3 unspecified atom stereocenters. The summed E-state index contributed by atoms with van der Waals surface area (Å²) in [6.45, 7) is 6.35. The number of carbonyl (C=O) groups is 3. The molecule has 2 aliphatic rings. The van der Waals surface area contributed by atoms with Crippen molar-refractivity contribution >= 4 is 18.0 Å². The maximum absolute atomic E-state index is 13.1. The van der Waals surface area contributed by atoms with Gasteiger partial charge < -0.3 is 25.0 Å². The second kappa shape index (κ2) is 8.03. The summed E-state index contributed by atoms with van der Waals surface area (Å²) in [5.74, 6) is -0.669. The molecule has 0 aromatic heterocycles. The maximum atomic E-state index is 13.1. The van der Waals surface area contributed by atoms with Gasteiger partial charge in [0, 0.05) is 12.6 Å². The van der Waals surface area contributed by atoms with Crippen LogP contribution in [0.2, 0.25) is 0 Å². The summed E-state index contributed by atoms with van der Waals surface area (Å²) >= 11 is 0. The summed E-state index contributed by atoms with van der Waals surface area (Å²) in [7, 11) is 1.33. The van der Waals surface area contributed by atoms with Gasteiger partial charge in [-0.05, 0) is 53.0 Å². The fourth-order valence-corrected chi connectivity index (χ4v) is 3.41. The molecular formula is C17H29N3O5. The molecule has 0 radical (unpaired) electrons. The zero-order valence-electron chi connectivity index (χ0n) is 15.5.